The van der Waals surface area contributed by atoms with Crippen molar-refractivity contribution in [3.05, 3.63) is 23.8 Å². The van der Waals surface area contributed by atoms with Crippen LogP contribution in [0.15, 0.2) is 28.9 Å². The first-order valence-electron chi connectivity index (χ1n) is 4.46. The molecule has 0 saturated heterocycles. The average molecular weight is 194 g/mol. The van der Waals surface area contributed by atoms with Gasteiger partial charge in [0.1, 0.15) is 7.05 Å². The third-order valence-corrected chi connectivity index (χ3v) is 2.31. The van der Waals surface area contributed by atoms with E-state index in [9.17, 15) is 4.79 Å². The summed E-state index contributed by atoms with van der Waals surface area (Å²) in [4.78, 5) is 11.5. The van der Waals surface area contributed by atoms with E-state index in [-0.39, 0.29) is 10.6 Å². The third-order valence-electron chi connectivity index (χ3n) is 2.31. The number of carbonyl (C=O) groups excluding carboxylic acids is 1. The predicted molar refractivity (Wildman–Crippen MR) is 50.6 cm³/mol. The van der Waals surface area contributed by atoms with E-state index >= 15 is 0 Å². The summed E-state index contributed by atoms with van der Waals surface area (Å²) in [6.07, 6.45) is 5.15. The molecule has 2 rings (SSSR count). The molecule has 1 unspecified atom stereocenters. The maximum Gasteiger partial charge on any atom is 0.397 e. The third kappa shape index (κ3) is 1.06. The van der Waals surface area contributed by atoms with Crippen molar-refractivity contribution in [1.82, 2.24) is 5.32 Å². The van der Waals surface area contributed by atoms with Crippen LogP contribution in [0.25, 0.3) is 0 Å². The normalized spacial score (nSPS) is 27.9. The summed E-state index contributed by atoms with van der Waals surface area (Å²) in [6, 6.07) is 0. The van der Waals surface area contributed by atoms with Crippen molar-refractivity contribution in [2.24, 2.45) is 5.10 Å². The Morgan fingerprint density at radius 2 is 2.50 bits per heavy atom. The minimum Gasteiger partial charge on any atom is -0.458 e. The highest BCUT2D eigenvalue weighted by atomic mass is 16.5. The van der Waals surface area contributed by atoms with Crippen LogP contribution in [0, 0.1) is 0 Å². The second-order valence-electron chi connectivity index (χ2n) is 3.17. The van der Waals surface area contributed by atoms with Gasteiger partial charge in [0.25, 0.3) is 5.70 Å². The summed E-state index contributed by atoms with van der Waals surface area (Å²) >= 11 is 0. The molecule has 74 valence electrons. The highest BCUT2D eigenvalue weighted by molar-refractivity contribution is 5.87. The molecule has 0 aromatic heterocycles. The van der Waals surface area contributed by atoms with Gasteiger partial charge in [0.05, 0.1) is 19.0 Å². The lowest BCUT2D eigenvalue weighted by molar-refractivity contribution is -0.831. The Morgan fingerprint density at radius 1 is 1.71 bits per heavy atom. The number of ether oxygens (including phenoxy) is 1. The molecule has 0 aromatic rings. The van der Waals surface area contributed by atoms with Crippen LogP contribution in [0.1, 0.15) is 6.92 Å². The zero-order valence-corrected chi connectivity index (χ0v) is 8.15. The summed E-state index contributed by atoms with van der Waals surface area (Å²) in [5.41, 5.74) is 0.506. The summed E-state index contributed by atoms with van der Waals surface area (Å²) in [7, 11) is 1.83. The summed E-state index contributed by atoms with van der Waals surface area (Å²) in [5.74, 6) is 0.540. The molecule has 2 aliphatic heterocycles. The number of carbonyl (C=O) groups is 1. The number of nitrogens with one attached hydrogen (secondary N) is 1. The Labute approximate surface area is 81.9 Å². The molecule has 0 aromatic carbocycles. The SMILES string of the molecule is CCOC(=O)C1=CNC2=CC=N[N+]21C. The van der Waals surface area contributed by atoms with Gasteiger partial charge in [-0.25, -0.2) is 4.79 Å². The van der Waals surface area contributed by atoms with E-state index in [0.29, 0.717) is 12.3 Å². The van der Waals surface area contributed by atoms with Crippen molar-refractivity contribution >= 4 is 12.2 Å². The molecule has 0 fully saturated rings. The number of esters is 1. The van der Waals surface area contributed by atoms with Crippen LogP contribution in [0.3, 0.4) is 0 Å². The van der Waals surface area contributed by atoms with Crippen molar-refractivity contribution < 1.29 is 14.1 Å². The van der Waals surface area contributed by atoms with E-state index in [4.69, 9.17) is 4.74 Å². The largest absolute Gasteiger partial charge is 0.458 e. The van der Waals surface area contributed by atoms with Gasteiger partial charge in [-0.3, -0.25) is 0 Å². The van der Waals surface area contributed by atoms with Crippen LogP contribution in [0.5, 0.6) is 0 Å². The quantitative estimate of drug-likeness (QED) is 0.507. The van der Waals surface area contributed by atoms with Gasteiger partial charge < -0.3 is 10.1 Å². The topological polar surface area (TPSA) is 50.7 Å². The van der Waals surface area contributed by atoms with Crippen molar-refractivity contribution in [2.45, 2.75) is 6.92 Å². The molecule has 1 N–H and O–H groups in total. The molecule has 1 atom stereocenters. The highest BCUT2D eigenvalue weighted by Crippen LogP contribution is 2.30. The van der Waals surface area contributed by atoms with Crippen LogP contribution in [0.2, 0.25) is 0 Å². The van der Waals surface area contributed by atoms with E-state index in [0.717, 1.165) is 5.82 Å². The fourth-order valence-electron chi connectivity index (χ4n) is 1.52. The van der Waals surface area contributed by atoms with E-state index in [1.54, 1.807) is 19.3 Å². The molecular formula is C9H12N3O2+. The fourth-order valence-corrected chi connectivity index (χ4v) is 1.52. The average Bonchev–Trinajstić information content (AvgIpc) is 2.60. The van der Waals surface area contributed by atoms with Crippen LogP contribution in [-0.2, 0) is 9.53 Å². The lowest BCUT2D eigenvalue weighted by Crippen LogP contribution is -2.36. The minimum absolute atomic E-state index is 0.138. The van der Waals surface area contributed by atoms with E-state index in [1.807, 2.05) is 13.1 Å². The lowest BCUT2D eigenvalue weighted by atomic mass is 10.4. The molecule has 14 heavy (non-hydrogen) atoms. The summed E-state index contributed by atoms with van der Waals surface area (Å²) in [6.45, 7) is 2.16. The molecular weight excluding hydrogens is 182 g/mol. The molecule has 2 heterocycles. The Kier molecular flexibility index (Phi) is 1.89. The van der Waals surface area contributed by atoms with Gasteiger partial charge in [0.15, 0.2) is 0 Å². The number of likely N-dealkylation sites (N-methyl/N-ethyl adjacent to an activating group) is 1. The van der Waals surface area contributed by atoms with Gasteiger partial charge in [-0.1, -0.05) is 5.10 Å². The standard InChI is InChI=1S/C9H11N3O2/c1-3-14-9(13)7-6-10-8-4-5-11-12(7,8)2/h4-6H,3H2,1-2H3/p+1. The Balaban J connectivity index is 2.26. The van der Waals surface area contributed by atoms with Gasteiger partial charge in [0, 0.05) is 6.08 Å². The minimum atomic E-state index is -0.329. The fraction of sp³-hybridized carbons (Fsp3) is 0.333. The smallest absolute Gasteiger partial charge is 0.397 e. The van der Waals surface area contributed by atoms with Gasteiger partial charge in [0.2, 0.25) is 5.82 Å². The zero-order valence-electron chi connectivity index (χ0n) is 8.15. The second kappa shape index (κ2) is 2.95. The van der Waals surface area contributed by atoms with Gasteiger partial charge in [-0.2, -0.15) is 0 Å². The van der Waals surface area contributed by atoms with Crippen LogP contribution in [-0.4, -0.2) is 30.4 Å². The number of fused-ring (bicyclic) bond motifs is 1. The van der Waals surface area contributed by atoms with Crippen LogP contribution < -0.4 is 5.32 Å². The molecule has 0 bridgehead atoms. The second-order valence-corrected chi connectivity index (χ2v) is 3.17. The molecule has 0 radical (unpaired) electrons. The number of quaternary nitrogens is 1. The molecule has 2 aliphatic rings. The maximum atomic E-state index is 11.5. The Bertz CT molecular complexity index is 370. The van der Waals surface area contributed by atoms with Gasteiger partial charge >= 0.3 is 5.97 Å². The highest BCUT2D eigenvalue weighted by Gasteiger charge is 2.45. The van der Waals surface area contributed by atoms with Crippen molar-refractivity contribution in [2.75, 3.05) is 13.7 Å². The van der Waals surface area contributed by atoms with Crippen molar-refractivity contribution in [3.63, 3.8) is 0 Å². The van der Waals surface area contributed by atoms with Crippen molar-refractivity contribution in [1.29, 1.82) is 0 Å². The molecule has 0 saturated carbocycles. The van der Waals surface area contributed by atoms with Crippen LogP contribution >= 0.6 is 0 Å². The summed E-state index contributed by atoms with van der Waals surface area (Å²) < 4.78 is 5.07. The lowest BCUT2D eigenvalue weighted by Gasteiger charge is -2.19. The van der Waals surface area contributed by atoms with Gasteiger partial charge in [-0.05, 0) is 6.92 Å². The van der Waals surface area contributed by atoms with Gasteiger partial charge in [-0.15, -0.1) is 4.59 Å². The number of rotatable bonds is 2. The zero-order chi connectivity index (χ0) is 10.2. The molecule has 5 nitrogen and oxygen atoms in total. The molecule has 0 spiro atoms. The van der Waals surface area contributed by atoms with E-state index in [1.165, 1.54) is 0 Å². The first-order chi connectivity index (χ1) is 6.68. The Morgan fingerprint density at radius 3 is 3.21 bits per heavy atom. The first kappa shape index (κ1) is 8.96. The van der Waals surface area contributed by atoms with Crippen LogP contribution in [0.4, 0.5) is 0 Å². The summed E-state index contributed by atoms with van der Waals surface area (Å²) in [5, 5.41) is 7.20. The predicted octanol–water partition coefficient (Wildman–Crippen LogP) is 0.282. The molecule has 0 aliphatic carbocycles. The number of hydrogen-bond donors (Lipinski definition) is 1. The van der Waals surface area contributed by atoms with E-state index < -0.39 is 0 Å². The molecule has 5 heteroatoms. The number of nitrogens with zero attached hydrogens (tertiary/aromatic N) is 2. The van der Waals surface area contributed by atoms with E-state index in [2.05, 4.69) is 10.4 Å². The number of allylic oxidation sites excluding steroid dienone is 1. The number of hydrogen-bond acceptors (Lipinski definition) is 4. The van der Waals surface area contributed by atoms with Crippen molar-refractivity contribution in [3.8, 4) is 0 Å². The first-order valence-corrected chi connectivity index (χ1v) is 4.46. The molecule has 0 amide bonds. The Hall–Kier alpha value is -1.62. The monoisotopic (exact) mass is 194 g/mol. The maximum absolute atomic E-state index is 11.5.